The lowest BCUT2D eigenvalue weighted by atomic mass is 10.1. The third-order valence-corrected chi connectivity index (χ3v) is 3.25. The number of hydrogen-bond acceptors (Lipinski definition) is 5. The minimum Gasteiger partial charge on any atom is -0.394 e. The van der Waals surface area contributed by atoms with Gasteiger partial charge in [-0.05, 0) is 5.56 Å². The van der Waals surface area contributed by atoms with Gasteiger partial charge in [0.2, 0.25) is 10.1 Å². The number of nitrogens with one attached hydrogen (secondary N) is 1. The van der Waals surface area contributed by atoms with Crippen LogP contribution in [-0.4, -0.2) is 21.9 Å². The van der Waals surface area contributed by atoms with Crippen molar-refractivity contribution < 1.29 is 18.3 Å². The fraction of sp³-hybridized carbons (Fsp3) is 0.273. The lowest BCUT2D eigenvalue weighted by Gasteiger charge is -2.15. The Hall–Kier alpha value is -1.67. The summed E-state index contributed by atoms with van der Waals surface area (Å²) in [6.07, 6.45) is -4.50. The number of halogens is 3. The first-order valence-electron chi connectivity index (χ1n) is 5.33. The van der Waals surface area contributed by atoms with Crippen LogP contribution in [0, 0.1) is 0 Å². The van der Waals surface area contributed by atoms with Crippen LogP contribution < -0.4 is 5.32 Å². The van der Waals surface area contributed by atoms with Gasteiger partial charge in [-0.25, -0.2) is 0 Å². The quantitative estimate of drug-likeness (QED) is 0.908. The Balaban J connectivity index is 2.13. The molecule has 0 radical (unpaired) electrons. The van der Waals surface area contributed by atoms with E-state index < -0.39 is 17.2 Å². The number of aliphatic hydroxyl groups excluding tert-OH is 1. The second-order valence-corrected chi connectivity index (χ2v) is 4.68. The van der Waals surface area contributed by atoms with E-state index in [-0.39, 0.29) is 11.7 Å². The van der Waals surface area contributed by atoms with Crippen LogP contribution in [0.4, 0.5) is 18.3 Å². The van der Waals surface area contributed by atoms with Crippen molar-refractivity contribution in [2.75, 3.05) is 11.9 Å². The molecule has 2 aromatic rings. The Labute approximate surface area is 110 Å². The maximum absolute atomic E-state index is 12.4. The molecule has 102 valence electrons. The number of anilines is 1. The molecule has 0 saturated carbocycles. The Morgan fingerprint density at radius 1 is 1.21 bits per heavy atom. The number of hydrogen-bond donors (Lipinski definition) is 2. The average Bonchev–Trinajstić information content (AvgIpc) is 2.85. The predicted octanol–water partition coefficient (Wildman–Crippen LogP) is 2.70. The third kappa shape index (κ3) is 3.42. The Kier molecular flexibility index (Phi) is 4.01. The number of aliphatic hydroxyl groups is 1. The highest BCUT2D eigenvalue weighted by Gasteiger charge is 2.35. The molecular formula is C11H10F3N3OS. The summed E-state index contributed by atoms with van der Waals surface area (Å²) in [4.78, 5) is 0. The fourth-order valence-corrected chi connectivity index (χ4v) is 2.13. The van der Waals surface area contributed by atoms with Gasteiger partial charge in [-0.2, -0.15) is 13.2 Å². The maximum atomic E-state index is 12.4. The number of nitrogens with zero attached hydrogens (tertiary/aromatic N) is 2. The van der Waals surface area contributed by atoms with Crippen LogP contribution in [0.3, 0.4) is 0 Å². The smallest absolute Gasteiger partial charge is 0.394 e. The molecule has 8 heteroatoms. The van der Waals surface area contributed by atoms with Crippen LogP contribution in [0.2, 0.25) is 0 Å². The fourth-order valence-electron chi connectivity index (χ4n) is 1.46. The van der Waals surface area contributed by atoms with Gasteiger partial charge < -0.3 is 10.4 Å². The zero-order valence-corrected chi connectivity index (χ0v) is 10.4. The van der Waals surface area contributed by atoms with Crippen molar-refractivity contribution in [1.29, 1.82) is 0 Å². The summed E-state index contributed by atoms with van der Waals surface area (Å²) in [5, 5.41) is 17.5. The first kappa shape index (κ1) is 13.8. The van der Waals surface area contributed by atoms with Gasteiger partial charge in [0.25, 0.3) is 0 Å². The zero-order chi connectivity index (χ0) is 13.9. The molecule has 19 heavy (non-hydrogen) atoms. The number of alkyl halides is 3. The van der Waals surface area contributed by atoms with Gasteiger partial charge in [0.15, 0.2) is 0 Å². The standard InChI is InChI=1S/C11H10F3N3OS/c12-11(13,14)9-16-17-10(19-9)15-8(6-18)7-4-2-1-3-5-7/h1-5,8,18H,6H2,(H,15,17). The van der Waals surface area contributed by atoms with Crippen LogP contribution in [0.15, 0.2) is 30.3 Å². The van der Waals surface area contributed by atoms with Crippen molar-refractivity contribution in [2.45, 2.75) is 12.2 Å². The molecule has 0 amide bonds. The molecular weight excluding hydrogens is 279 g/mol. The van der Waals surface area contributed by atoms with E-state index in [0.717, 1.165) is 5.56 Å². The molecule has 0 aliphatic rings. The highest BCUT2D eigenvalue weighted by Crippen LogP contribution is 2.34. The molecule has 1 aromatic heterocycles. The summed E-state index contributed by atoms with van der Waals surface area (Å²) >= 11 is 0.409. The first-order valence-corrected chi connectivity index (χ1v) is 6.15. The van der Waals surface area contributed by atoms with E-state index in [2.05, 4.69) is 15.5 Å². The van der Waals surface area contributed by atoms with Crippen LogP contribution in [-0.2, 0) is 6.18 Å². The van der Waals surface area contributed by atoms with Crippen molar-refractivity contribution in [3.05, 3.63) is 40.9 Å². The second kappa shape index (κ2) is 5.54. The van der Waals surface area contributed by atoms with Crippen LogP contribution >= 0.6 is 11.3 Å². The van der Waals surface area contributed by atoms with Gasteiger partial charge in [-0.15, -0.1) is 10.2 Å². The molecule has 1 atom stereocenters. The van der Waals surface area contributed by atoms with Crippen molar-refractivity contribution in [1.82, 2.24) is 10.2 Å². The number of aromatic nitrogens is 2. The van der Waals surface area contributed by atoms with E-state index in [9.17, 15) is 18.3 Å². The van der Waals surface area contributed by atoms with E-state index >= 15 is 0 Å². The van der Waals surface area contributed by atoms with E-state index in [0.29, 0.717) is 11.3 Å². The largest absolute Gasteiger partial charge is 0.445 e. The van der Waals surface area contributed by atoms with Crippen LogP contribution in [0.25, 0.3) is 0 Å². The molecule has 0 saturated heterocycles. The third-order valence-electron chi connectivity index (χ3n) is 2.35. The second-order valence-electron chi connectivity index (χ2n) is 3.70. The van der Waals surface area contributed by atoms with Crippen molar-refractivity contribution in [2.24, 2.45) is 0 Å². The lowest BCUT2D eigenvalue weighted by Crippen LogP contribution is -2.14. The summed E-state index contributed by atoms with van der Waals surface area (Å²) in [7, 11) is 0. The summed E-state index contributed by atoms with van der Waals surface area (Å²) in [6, 6.07) is 8.38. The van der Waals surface area contributed by atoms with E-state index in [1.54, 1.807) is 24.3 Å². The summed E-state index contributed by atoms with van der Waals surface area (Å²) < 4.78 is 37.1. The molecule has 0 bridgehead atoms. The van der Waals surface area contributed by atoms with E-state index in [1.807, 2.05) is 6.07 Å². The highest BCUT2D eigenvalue weighted by atomic mass is 32.1. The van der Waals surface area contributed by atoms with Crippen LogP contribution in [0.1, 0.15) is 16.6 Å². The molecule has 0 fully saturated rings. The molecule has 2 rings (SSSR count). The summed E-state index contributed by atoms with van der Waals surface area (Å²) in [6.45, 7) is -0.259. The van der Waals surface area contributed by atoms with Gasteiger partial charge >= 0.3 is 6.18 Å². The Morgan fingerprint density at radius 3 is 2.42 bits per heavy atom. The van der Waals surface area contributed by atoms with Crippen LogP contribution in [0.5, 0.6) is 0 Å². The molecule has 0 aliphatic carbocycles. The predicted molar refractivity (Wildman–Crippen MR) is 64.8 cm³/mol. The monoisotopic (exact) mass is 289 g/mol. The average molecular weight is 289 g/mol. The first-order chi connectivity index (χ1) is 9.00. The lowest BCUT2D eigenvalue weighted by molar-refractivity contribution is -0.138. The molecule has 1 unspecified atom stereocenters. The molecule has 0 spiro atoms. The minimum absolute atomic E-state index is 0.0234. The number of rotatable bonds is 4. The topological polar surface area (TPSA) is 58.0 Å². The van der Waals surface area contributed by atoms with Crippen molar-refractivity contribution in [3.8, 4) is 0 Å². The van der Waals surface area contributed by atoms with Gasteiger partial charge in [-0.3, -0.25) is 0 Å². The summed E-state index contributed by atoms with van der Waals surface area (Å²) in [5.74, 6) is 0. The summed E-state index contributed by atoms with van der Waals surface area (Å²) in [5.41, 5.74) is 0.758. The minimum atomic E-state index is -4.50. The Morgan fingerprint density at radius 2 is 1.89 bits per heavy atom. The van der Waals surface area contributed by atoms with Crippen molar-refractivity contribution >= 4 is 16.5 Å². The van der Waals surface area contributed by atoms with Gasteiger partial charge in [0.1, 0.15) is 0 Å². The van der Waals surface area contributed by atoms with Gasteiger partial charge in [-0.1, -0.05) is 41.7 Å². The normalized spacial score (nSPS) is 13.3. The van der Waals surface area contributed by atoms with Crippen molar-refractivity contribution in [3.63, 3.8) is 0 Å². The molecule has 2 N–H and O–H groups in total. The zero-order valence-electron chi connectivity index (χ0n) is 9.55. The molecule has 1 heterocycles. The van der Waals surface area contributed by atoms with Gasteiger partial charge in [0, 0.05) is 0 Å². The number of benzene rings is 1. The van der Waals surface area contributed by atoms with E-state index in [4.69, 9.17) is 0 Å². The molecule has 4 nitrogen and oxygen atoms in total. The SMILES string of the molecule is OCC(Nc1nnc(C(F)(F)F)s1)c1ccccc1. The van der Waals surface area contributed by atoms with Gasteiger partial charge in [0.05, 0.1) is 12.6 Å². The molecule has 0 aliphatic heterocycles. The van der Waals surface area contributed by atoms with E-state index in [1.165, 1.54) is 0 Å². The molecule has 1 aromatic carbocycles. The highest BCUT2D eigenvalue weighted by molar-refractivity contribution is 7.15. The Bertz CT molecular complexity index is 529. The maximum Gasteiger partial charge on any atom is 0.445 e.